The zero-order valence-corrected chi connectivity index (χ0v) is 13.8. The number of benzene rings is 2. The van der Waals surface area contributed by atoms with Gasteiger partial charge in [0.1, 0.15) is 5.82 Å². The average molecular weight is 328 g/mol. The van der Waals surface area contributed by atoms with Gasteiger partial charge >= 0.3 is 0 Å². The zero-order valence-electron chi connectivity index (χ0n) is 13.8. The average Bonchev–Trinajstić information content (AvgIpc) is 2.60. The second-order valence-electron chi connectivity index (χ2n) is 5.30. The summed E-state index contributed by atoms with van der Waals surface area (Å²) in [5.74, 6) is -1.16. The highest BCUT2D eigenvalue weighted by Crippen LogP contribution is 2.16. The molecule has 126 valence electrons. The highest BCUT2D eigenvalue weighted by molar-refractivity contribution is 6.04. The highest BCUT2D eigenvalue weighted by Gasteiger charge is 2.15. The molecule has 0 aliphatic rings. The number of carbonyl (C=O) groups excluding carboxylic acids is 1. The van der Waals surface area contributed by atoms with Crippen LogP contribution in [-0.2, 0) is 4.74 Å². The van der Waals surface area contributed by atoms with Crippen molar-refractivity contribution >= 4 is 11.9 Å². The number of amidine groups is 1. The van der Waals surface area contributed by atoms with Gasteiger partial charge in [0.2, 0.25) is 0 Å². The van der Waals surface area contributed by atoms with Gasteiger partial charge in [0, 0.05) is 0 Å². The van der Waals surface area contributed by atoms with Crippen molar-refractivity contribution in [1.29, 1.82) is 0 Å². The predicted octanol–water partition coefficient (Wildman–Crippen LogP) is 4.10. The number of hydrogen-bond donors (Lipinski definition) is 1. The fourth-order valence-corrected chi connectivity index (χ4v) is 2.10. The minimum absolute atomic E-state index is 0.0438. The Bertz CT molecular complexity index is 702. The summed E-state index contributed by atoms with van der Waals surface area (Å²) in [5, 5.41) is 2.56. The van der Waals surface area contributed by atoms with Crippen molar-refractivity contribution in [2.75, 3.05) is 6.61 Å². The molecule has 2 aromatic carbocycles. The first-order chi connectivity index (χ1) is 11.6. The molecule has 0 bridgehead atoms. The molecule has 1 amide bonds. The summed E-state index contributed by atoms with van der Waals surface area (Å²) < 4.78 is 19.2. The van der Waals surface area contributed by atoms with Crippen LogP contribution in [0.5, 0.6) is 0 Å². The molecule has 0 fully saturated rings. The number of carbonyl (C=O) groups is 1. The lowest BCUT2D eigenvalue weighted by molar-refractivity contribution is 0.0961. The van der Waals surface area contributed by atoms with Gasteiger partial charge in [0.15, 0.2) is 0 Å². The van der Waals surface area contributed by atoms with Crippen LogP contribution >= 0.6 is 0 Å². The molecule has 0 aromatic heterocycles. The monoisotopic (exact) mass is 328 g/mol. The normalized spacial score (nSPS) is 12.5. The Kier molecular flexibility index (Phi) is 6.49. The molecule has 2 rings (SSSR count). The number of amides is 1. The molecule has 0 radical (unpaired) electrons. The van der Waals surface area contributed by atoms with Crippen molar-refractivity contribution in [3.05, 3.63) is 71.5 Å². The van der Waals surface area contributed by atoms with Gasteiger partial charge < -0.3 is 4.74 Å². The summed E-state index contributed by atoms with van der Waals surface area (Å²) in [5.41, 5.74) is 0.952. The van der Waals surface area contributed by atoms with E-state index in [1.807, 2.05) is 44.2 Å². The number of nitrogens with zero attached hydrogens (tertiary/aromatic N) is 1. The first kappa shape index (κ1) is 17.7. The van der Waals surface area contributed by atoms with Gasteiger partial charge in [-0.2, -0.15) is 0 Å². The van der Waals surface area contributed by atoms with E-state index >= 15 is 0 Å². The summed E-state index contributed by atoms with van der Waals surface area (Å²) in [6, 6.07) is 15.4. The second-order valence-corrected chi connectivity index (χ2v) is 5.30. The summed E-state index contributed by atoms with van der Waals surface area (Å²) >= 11 is 0. The molecule has 1 N–H and O–H groups in total. The van der Waals surface area contributed by atoms with E-state index in [-0.39, 0.29) is 17.6 Å². The van der Waals surface area contributed by atoms with E-state index in [4.69, 9.17) is 4.74 Å². The lowest BCUT2D eigenvalue weighted by Crippen LogP contribution is -2.33. The van der Waals surface area contributed by atoms with Crippen molar-refractivity contribution in [2.45, 2.75) is 26.3 Å². The molecule has 0 saturated heterocycles. The summed E-state index contributed by atoms with van der Waals surface area (Å²) in [6.07, 6.45) is 0.772. The number of aliphatic imine (C=N–C) groups is 1. The fourth-order valence-electron chi connectivity index (χ4n) is 2.10. The first-order valence-electron chi connectivity index (χ1n) is 7.93. The minimum Gasteiger partial charge on any atom is -0.465 e. The van der Waals surface area contributed by atoms with Crippen molar-refractivity contribution in [3.63, 3.8) is 0 Å². The molecule has 0 heterocycles. The molecular formula is C19H21FN2O2. The molecule has 4 nitrogen and oxygen atoms in total. The maximum atomic E-state index is 13.7. The van der Waals surface area contributed by atoms with Crippen LogP contribution < -0.4 is 5.32 Å². The van der Waals surface area contributed by atoms with Crippen LogP contribution in [0.4, 0.5) is 4.39 Å². The van der Waals surface area contributed by atoms with Gasteiger partial charge in [-0.25, -0.2) is 9.38 Å². The van der Waals surface area contributed by atoms with Crippen molar-refractivity contribution < 1.29 is 13.9 Å². The molecular weight excluding hydrogens is 307 g/mol. The van der Waals surface area contributed by atoms with E-state index in [2.05, 4.69) is 10.3 Å². The van der Waals surface area contributed by atoms with Gasteiger partial charge in [-0.05, 0) is 31.0 Å². The van der Waals surface area contributed by atoms with E-state index in [9.17, 15) is 9.18 Å². The molecule has 5 heteroatoms. The van der Waals surface area contributed by atoms with Crippen LogP contribution in [0.15, 0.2) is 59.6 Å². The smallest absolute Gasteiger partial charge is 0.292 e. The number of hydrogen-bond acceptors (Lipinski definition) is 3. The van der Waals surface area contributed by atoms with Crippen molar-refractivity contribution in [2.24, 2.45) is 4.99 Å². The number of rotatable bonds is 5. The molecule has 2 aromatic rings. The highest BCUT2D eigenvalue weighted by atomic mass is 19.1. The van der Waals surface area contributed by atoms with E-state index in [0.29, 0.717) is 6.61 Å². The lowest BCUT2D eigenvalue weighted by Gasteiger charge is -2.13. The second kappa shape index (κ2) is 8.82. The van der Waals surface area contributed by atoms with E-state index in [1.54, 1.807) is 6.07 Å². The van der Waals surface area contributed by atoms with Gasteiger partial charge in [-0.1, -0.05) is 49.4 Å². The standard InChI is InChI=1S/C19H21FN2O2/c1-3-13-24-19(21-14(2)15-9-5-4-6-10-15)22-18(23)16-11-7-8-12-17(16)20/h4-12,14H,3,13H2,1-2H3,(H,21,22,23). The Morgan fingerprint density at radius 1 is 1.17 bits per heavy atom. The number of halogens is 1. The third kappa shape index (κ3) is 4.91. The molecule has 0 saturated carbocycles. The largest absolute Gasteiger partial charge is 0.465 e. The summed E-state index contributed by atoms with van der Waals surface area (Å²) in [6.45, 7) is 4.27. The van der Waals surface area contributed by atoms with E-state index in [1.165, 1.54) is 18.2 Å². The Morgan fingerprint density at radius 3 is 2.50 bits per heavy atom. The van der Waals surface area contributed by atoms with Crippen LogP contribution in [0.2, 0.25) is 0 Å². The SMILES string of the molecule is CCCOC(=NC(C)c1ccccc1)NC(=O)c1ccccc1F. The summed E-state index contributed by atoms with van der Waals surface area (Å²) in [7, 11) is 0. The Hall–Kier alpha value is -2.69. The van der Waals surface area contributed by atoms with Crippen LogP contribution in [0.3, 0.4) is 0 Å². The van der Waals surface area contributed by atoms with Crippen LogP contribution in [0, 0.1) is 5.82 Å². The first-order valence-corrected chi connectivity index (χ1v) is 7.93. The van der Waals surface area contributed by atoms with E-state index < -0.39 is 11.7 Å². The number of ether oxygens (including phenoxy) is 1. The maximum absolute atomic E-state index is 13.7. The zero-order chi connectivity index (χ0) is 17.4. The molecule has 0 spiro atoms. The number of nitrogens with one attached hydrogen (secondary N) is 1. The topological polar surface area (TPSA) is 50.7 Å². The van der Waals surface area contributed by atoms with E-state index in [0.717, 1.165) is 12.0 Å². The Labute approximate surface area is 141 Å². The quantitative estimate of drug-likeness (QED) is 0.663. The molecule has 0 aliphatic heterocycles. The maximum Gasteiger partial charge on any atom is 0.292 e. The van der Waals surface area contributed by atoms with Gasteiger partial charge in [-0.3, -0.25) is 10.1 Å². The third-order valence-electron chi connectivity index (χ3n) is 3.37. The molecule has 1 atom stereocenters. The molecule has 24 heavy (non-hydrogen) atoms. The Morgan fingerprint density at radius 2 is 1.83 bits per heavy atom. The molecule has 1 unspecified atom stereocenters. The summed E-state index contributed by atoms with van der Waals surface area (Å²) in [4.78, 5) is 16.7. The fraction of sp³-hybridized carbons (Fsp3) is 0.263. The van der Waals surface area contributed by atoms with Crippen molar-refractivity contribution in [1.82, 2.24) is 5.32 Å². The van der Waals surface area contributed by atoms with Crippen LogP contribution in [0.25, 0.3) is 0 Å². The van der Waals surface area contributed by atoms with Crippen molar-refractivity contribution in [3.8, 4) is 0 Å². The van der Waals surface area contributed by atoms with Crippen LogP contribution in [-0.4, -0.2) is 18.5 Å². The molecule has 0 aliphatic carbocycles. The predicted molar refractivity (Wildman–Crippen MR) is 92.4 cm³/mol. The Balaban J connectivity index is 2.17. The minimum atomic E-state index is -0.582. The van der Waals surface area contributed by atoms with Gasteiger partial charge in [0.05, 0.1) is 18.2 Å². The van der Waals surface area contributed by atoms with Crippen LogP contribution in [0.1, 0.15) is 42.2 Å². The third-order valence-corrected chi connectivity index (χ3v) is 3.37. The van der Waals surface area contributed by atoms with Gasteiger partial charge in [0.25, 0.3) is 11.9 Å². The lowest BCUT2D eigenvalue weighted by atomic mass is 10.1. The van der Waals surface area contributed by atoms with Gasteiger partial charge in [-0.15, -0.1) is 0 Å².